The van der Waals surface area contributed by atoms with E-state index in [0.717, 1.165) is 34.3 Å². The molecule has 1 amide bonds. The molecule has 0 saturated heterocycles. The van der Waals surface area contributed by atoms with Gasteiger partial charge in [-0.25, -0.2) is 0 Å². The van der Waals surface area contributed by atoms with Gasteiger partial charge in [-0.3, -0.25) is 9.69 Å². The molecule has 0 bridgehead atoms. The highest BCUT2D eigenvalue weighted by Gasteiger charge is 2.26. The molecule has 0 spiro atoms. The van der Waals surface area contributed by atoms with Crippen LogP contribution in [-0.4, -0.2) is 30.2 Å². The summed E-state index contributed by atoms with van der Waals surface area (Å²) in [6, 6.07) is 12.3. The van der Waals surface area contributed by atoms with E-state index in [9.17, 15) is 4.79 Å². The fourth-order valence-corrected chi connectivity index (χ4v) is 6.25. The molecule has 3 aromatic rings. The maximum Gasteiger partial charge on any atom is 0.262 e. The topological polar surface area (TPSA) is 32.3 Å². The zero-order valence-corrected chi connectivity index (χ0v) is 18.7. The van der Waals surface area contributed by atoms with Crippen molar-refractivity contribution in [3.63, 3.8) is 0 Å². The molecular formula is C21H21ClN2OS3. The largest absolute Gasteiger partial charge is 0.349 e. The van der Waals surface area contributed by atoms with E-state index < -0.39 is 0 Å². The van der Waals surface area contributed by atoms with E-state index in [-0.39, 0.29) is 11.9 Å². The highest BCUT2D eigenvalue weighted by Crippen LogP contribution is 2.31. The molecule has 28 heavy (non-hydrogen) atoms. The first-order chi connectivity index (χ1) is 13.7. The van der Waals surface area contributed by atoms with Gasteiger partial charge in [-0.15, -0.1) is 34.4 Å². The standard InChI is InChI=1S/C21H21ClN2OS3/c1-26-19-8-11-28-20(19)21(25)23-12-17(14-2-4-16(22)5-3-14)24-9-6-18-15(13-24)7-10-27-18/h2-5,7-8,10-11,17H,6,9,12-13H2,1H3,(H,23,25). The smallest absolute Gasteiger partial charge is 0.262 e. The fraction of sp³-hybridized carbons (Fsp3) is 0.286. The summed E-state index contributed by atoms with van der Waals surface area (Å²) in [5, 5.41) is 8.05. The van der Waals surface area contributed by atoms with Crippen molar-refractivity contribution < 1.29 is 4.79 Å². The van der Waals surface area contributed by atoms with Crippen LogP contribution >= 0.6 is 46.0 Å². The molecule has 7 heteroatoms. The Kier molecular flexibility index (Phi) is 6.43. The number of hydrogen-bond acceptors (Lipinski definition) is 5. The van der Waals surface area contributed by atoms with Crippen molar-refractivity contribution in [1.82, 2.24) is 10.2 Å². The minimum absolute atomic E-state index is 0.00606. The molecule has 1 unspecified atom stereocenters. The Hall–Kier alpha value is -1.31. The number of fused-ring (bicyclic) bond motifs is 1. The maximum atomic E-state index is 12.8. The highest BCUT2D eigenvalue weighted by atomic mass is 35.5. The van der Waals surface area contributed by atoms with Crippen molar-refractivity contribution >= 4 is 51.9 Å². The monoisotopic (exact) mass is 448 g/mol. The van der Waals surface area contributed by atoms with Gasteiger partial charge in [-0.2, -0.15) is 0 Å². The second kappa shape index (κ2) is 9.01. The fourth-order valence-electron chi connectivity index (χ4n) is 3.57. The Morgan fingerprint density at radius 2 is 2.00 bits per heavy atom. The Labute approximate surface area is 182 Å². The lowest BCUT2D eigenvalue weighted by Gasteiger charge is -2.35. The van der Waals surface area contributed by atoms with Crippen LogP contribution in [0.5, 0.6) is 0 Å². The lowest BCUT2D eigenvalue weighted by Crippen LogP contribution is -2.40. The van der Waals surface area contributed by atoms with Gasteiger partial charge in [0.15, 0.2) is 0 Å². The highest BCUT2D eigenvalue weighted by molar-refractivity contribution is 7.98. The third-order valence-electron chi connectivity index (χ3n) is 5.04. The van der Waals surface area contributed by atoms with Gasteiger partial charge in [-0.05, 0) is 58.8 Å². The number of carbonyl (C=O) groups excluding carboxylic acids is 1. The zero-order valence-electron chi connectivity index (χ0n) is 15.5. The number of amides is 1. The first kappa shape index (κ1) is 20.0. The van der Waals surface area contributed by atoms with Crippen molar-refractivity contribution in [3.8, 4) is 0 Å². The van der Waals surface area contributed by atoms with Crippen molar-refractivity contribution in [2.75, 3.05) is 19.3 Å². The Bertz CT molecular complexity index is 951. The average Bonchev–Trinajstić information content (AvgIpc) is 3.38. The van der Waals surface area contributed by atoms with Crippen LogP contribution < -0.4 is 5.32 Å². The summed E-state index contributed by atoms with van der Waals surface area (Å²) in [4.78, 5) is 18.5. The lowest BCUT2D eigenvalue weighted by atomic mass is 10.0. The zero-order chi connectivity index (χ0) is 19.5. The second-order valence-electron chi connectivity index (χ2n) is 6.68. The summed E-state index contributed by atoms with van der Waals surface area (Å²) in [6.45, 7) is 2.48. The molecule has 1 aromatic carbocycles. The minimum Gasteiger partial charge on any atom is -0.349 e. The van der Waals surface area contributed by atoms with Crippen molar-refractivity contribution in [1.29, 1.82) is 0 Å². The Morgan fingerprint density at radius 1 is 1.21 bits per heavy atom. The first-order valence-electron chi connectivity index (χ1n) is 9.10. The number of benzene rings is 1. The van der Waals surface area contributed by atoms with Crippen LogP contribution in [0.15, 0.2) is 52.1 Å². The molecule has 146 valence electrons. The van der Waals surface area contributed by atoms with Gasteiger partial charge in [0.05, 0.1) is 6.04 Å². The van der Waals surface area contributed by atoms with Crippen LogP contribution in [0.3, 0.4) is 0 Å². The van der Waals surface area contributed by atoms with Gasteiger partial charge in [-0.1, -0.05) is 23.7 Å². The number of nitrogens with one attached hydrogen (secondary N) is 1. The molecule has 3 nitrogen and oxygen atoms in total. The van der Waals surface area contributed by atoms with E-state index >= 15 is 0 Å². The summed E-state index contributed by atoms with van der Waals surface area (Å²) >= 11 is 11.0. The molecule has 0 aliphatic carbocycles. The van der Waals surface area contributed by atoms with Crippen LogP contribution in [0.2, 0.25) is 5.02 Å². The van der Waals surface area contributed by atoms with Gasteiger partial charge in [0.1, 0.15) is 4.88 Å². The van der Waals surface area contributed by atoms with Gasteiger partial charge in [0.2, 0.25) is 0 Å². The Morgan fingerprint density at radius 3 is 2.79 bits per heavy atom. The summed E-state index contributed by atoms with van der Waals surface area (Å²) in [7, 11) is 0. The van der Waals surface area contributed by atoms with E-state index in [2.05, 4.69) is 33.8 Å². The maximum absolute atomic E-state index is 12.8. The van der Waals surface area contributed by atoms with E-state index in [1.165, 1.54) is 27.3 Å². The third-order valence-corrected chi connectivity index (χ3v) is 8.14. The van der Waals surface area contributed by atoms with Crippen molar-refractivity contribution in [2.45, 2.75) is 23.9 Å². The van der Waals surface area contributed by atoms with E-state index in [0.29, 0.717) is 6.54 Å². The average molecular weight is 449 g/mol. The number of thiophene rings is 2. The minimum atomic E-state index is 0.00606. The Balaban J connectivity index is 1.53. The molecule has 0 saturated carbocycles. The number of hydrogen-bond donors (Lipinski definition) is 1. The van der Waals surface area contributed by atoms with Gasteiger partial charge in [0.25, 0.3) is 5.91 Å². The van der Waals surface area contributed by atoms with Gasteiger partial charge in [0, 0.05) is 34.4 Å². The third kappa shape index (κ3) is 4.31. The SMILES string of the molecule is CSc1ccsc1C(=O)NCC(c1ccc(Cl)cc1)N1CCc2sccc2C1. The van der Waals surface area contributed by atoms with Gasteiger partial charge >= 0.3 is 0 Å². The van der Waals surface area contributed by atoms with Crippen LogP contribution in [0, 0.1) is 0 Å². The second-order valence-corrected chi connectivity index (χ2v) is 9.89. The summed E-state index contributed by atoms with van der Waals surface area (Å²) in [5.41, 5.74) is 2.59. The quantitative estimate of drug-likeness (QED) is 0.490. The predicted octanol–water partition coefficient (Wildman–Crippen LogP) is 5.71. The molecule has 4 rings (SSSR count). The molecule has 0 fully saturated rings. The van der Waals surface area contributed by atoms with Crippen molar-refractivity contribution in [2.24, 2.45) is 0 Å². The van der Waals surface area contributed by atoms with Gasteiger partial charge < -0.3 is 5.32 Å². The summed E-state index contributed by atoms with van der Waals surface area (Å²) < 4.78 is 0. The molecule has 2 aromatic heterocycles. The van der Waals surface area contributed by atoms with Crippen LogP contribution in [0.1, 0.15) is 31.7 Å². The normalized spacial score (nSPS) is 15.2. The van der Waals surface area contributed by atoms with Crippen LogP contribution in [0.25, 0.3) is 0 Å². The molecule has 3 heterocycles. The summed E-state index contributed by atoms with van der Waals surface area (Å²) in [6.07, 6.45) is 3.06. The molecular weight excluding hydrogens is 428 g/mol. The van der Waals surface area contributed by atoms with Crippen LogP contribution in [0.4, 0.5) is 0 Å². The molecule has 1 aliphatic rings. The van der Waals surface area contributed by atoms with E-state index in [1.807, 2.05) is 41.2 Å². The number of carbonyl (C=O) groups is 1. The van der Waals surface area contributed by atoms with Crippen molar-refractivity contribution in [3.05, 3.63) is 73.1 Å². The lowest BCUT2D eigenvalue weighted by molar-refractivity contribution is 0.0929. The number of nitrogens with zero attached hydrogens (tertiary/aromatic N) is 1. The summed E-state index contributed by atoms with van der Waals surface area (Å²) in [5.74, 6) is 0.00606. The number of rotatable bonds is 6. The number of halogens is 1. The molecule has 1 atom stereocenters. The van der Waals surface area contributed by atoms with E-state index in [4.69, 9.17) is 11.6 Å². The first-order valence-corrected chi connectivity index (χ1v) is 12.5. The predicted molar refractivity (Wildman–Crippen MR) is 121 cm³/mol. The van der Waals surface area contributed by atoms with Crippen LogP contribution in [-0.2, 0) is 13.0 Å². The number of thioether (sulfide) groups is 1. The molecule has 0 radical (unpaired) electrons. The molecule has 1 N–H and O–H groups in total. The molecule has 1 aliphatic heterocycles. The van der Waals surface area contributed by atoms with E-state index in [1.54, 1.807) is 11.8 Å².